The standard InChI is InChI=1S/C15H22O4/c16-10-7-12-11-15(9-6-13(12)19-15)8-4-2-1-3-5-14(17)18/h2,4,10,12-13H,1,3,5-9,11H2,(H,17,18)/t12-,13-,15+/m1/s1. The van der Waals surface area contributed by atoms with Gasteiger partial charge in [-0.15, -0.1) is 0 Å². The van der Waals surface area contributed by atoms with Crippen LogP contribution in [0, 0.1) is 5.92 Å². The van der Waals surface area contributed by atoms with E-state index in [-0.39, 0.29) is 18.1 Å². The third kappa shape index (κ3) is 3.66. The van der Waals surface area contributed by atoms with Crippen LogP contribution in [0.4, 0.5) is 0 Å². The number of hydrogen-bond acceptors (Lipinski definition) is 3. The minimum Gasteiger partial charge on any atom is -0.481 e. The highest BCUT2D eigenvalue weighted by Crippen LogP contribution is 2.49. The maximum Gasteiger partial charge on any atom is 0.303 e. The molecule has 19 heavy (non-hydrogen) atoms. The lowest BCUT2D eigenvalue weighted by Gasteiger charge is -2.24. The van der Waals surface area contributed by atoms with Crippen LogP contribution in [0.1, 0.15) is 51.4 Å². The van der Waals surface area contributed by atoms with Crippen molar-refractivity contribution in [2.45, 2.75) is 63.1 Å². The summed E-state index contributed by atoms with van der Waals surface area (Å²) in [6.45, 7) is 0. The van der Waals surface area contributed by atoms with Crippen LogP contribution in [0.15, 0.2) is 12.2 Å². The fraction of sp³-hybridized carbons (Fsp3) is 0.733. The van der Waals surface area contributed by atoms with E-state index in [1.54, 1.807) is 0 Å². The van der Waals surface area contributed by atoms with Gasteiger partial charge in [0.05, 0.1) is 11.7 Å². The number of aliphatic carboxylic acids is 1. The van der Waals surface area contributed by atoms with Gasteiger partial charge in [0.25, 0.3) is 0 Å². The normalized spacial score (nSPS) is 33.1. The van der Waals surface area contributed by atoms with E-state index in [1.165, 1.54) is 0 Å². The number of carbonyl (C=O) groups excluding carboxylic acids is 1. The van der Waals surface area contributed by atoms with E-state index in [4.69, 9.17) is 9.84 Å². The second kappa shape index (κ2) is 6.33. The predicted octanol–water partition coefficient (Wildman–Crippen LogP) is 2.71. The summed E-state index contributed by atoms with van der Waals surface area (Å²) in [6.07, 6.45) is 11.9. The van der Waals surface area contributed by atoms with Crippen molar-refractivity contribution in [3.8, 4) is 0 Å². The Morgan fingerprint density at radius 2 is 2.26 bits per heavy atom. The zero-order valence-electron chi connectivity index (χ0n) is 11.2. The Morgan fingerprint density at radius 3 is 3.00 bits per heavy atom. The molecule has 3 atom stereocenters. The summed E-state index contributed by atoms with van der Waals surface area (Å²) in [5.41, 5.74) is -0.0400. The van der Waals surface area contributed by atoms with E-state index in [1.807, 2.05) is 0 Å². The first-order valence-electron chi connectivity index (χ1n) is 7.13. The van der Waals surface area contributed by atoms with Crippen LogP contribution in [0.25, 0.3) is 0 Å². The Labute approximate surface area is 113 Å². The molecule has 0 aliphatic carbocycles. The molecule has 106 valence electrons. The van der Waals surface area contributed by atoms with Gasteiger partial charge in [-0.1, -0.05) is 12.2 Å². The molecule has 0 amide bonds. The lowest BCUT2D eigenvalue weighted by Crippen LogP contribution is -2.25. The first-order valence-corrected chi connectivity index (χ1v) is 7.13. The number of carboxylic acid groups (broad SMARTS) is 1. The molecule has 2 heterocycles. The second-order valence-electron chi connectivity index (χ2n) is 5.71. The first-order chi connectivity index (χ1) is 9.15. The molecule has 0 spiro atoms. The van der Waals surface area contributed by atoms with Gasteiger partial charge in [0.15, 0.2) is 0 Å². The van der Waals surface area contributed by atoms with Crippen molar-refractivity contribution >= 4 is 12.3 Å². The van der Waals surface area contributed by atoms with Gasteiger partial charge >= 0.3 is 5.97 Å². The number of carboxylic acids is 1. The summed E-state index contributed by atoms with van der Waals surface area (Å²) >= 11 is 0. The third-order valence-electron chi connectivity index (χ3n) is 4.26. The number of unbranched alkanes of at least 4 members (excludes halogenated alkanes) is 1. The van der Waals surface area contributed by atoms with E-state index in [0.29, 0.717) is 18.8 Å². The molecule has 4 heteroatoms. The maximum absolute atomic E-state index is 10.6. The monoisotopic (exact) mass is 266 g/mol. The molecule has 0 aromatic rings. The van der Waals surface area contributed by atoms with Crippen LogP contribution in [-0.2, 0) is 14.3 Å². The minimum atomic E-state index is -0.735. The SMILES string of the molecule is O=CC[C@@H]1C[C@]2(CC=CCCCC(=O)O)CC[C@H]1O2. The molecule has 0 aromatic heterocycles. The predicted molar refractivity (Wildman–Crippen MR) is 70.9 cm³/mol. The van der Waals surface area contributed by atoms with E-state index in [9.17, 15) is 9.59 Å². The van der Waals surface area contributed by atoms with E-state index in [0.717, 1.165) is 38.4 Å². The van der Waals surface area contributed by atoms with Crippen molar-refractivity contribution in [3.05, 3.63) is 12.2 Å². The van der Waals surface area contributed by atoms with Gasteiger partial charge in [-0.2, -0.15) is 0 Å². The molecule has 0 aromatic carbocycles. The van der Waals surface area contributed by atoms with Crippen molar-refractivity contribution in [1.82, 2.24) is 0 Å². The van der Waals surface area contributed by atoms with Crippen LogP contribution >= 0.6 is 0 Å². The average Bonchev–Trinajstić information content (AvgIpc) is 2.92. The molecular weight excluding hydrogens is 244 g/mol. The van der Waals surface area contributed by atoms with E-state index < -0.39 is 5.97 Å². The largest absolute Gasteiger partial charge is 0.481 e. The van der Waals surface area contributed by atoms with E-state index in [2.05, 4.69) is 12.2 Å². The zero-order valence-corrected chi connectivity index (χ0v) is 11.2. The zero-order chi connectivity index (χ0) is 13.7. The molecular formula is C15H22O4. The molecule has 0 radical (unpaired) electrons. The molecule has 2 aliphatic heterocycles. The van der Waals surface area contributed by atoms with Crippen LogP contribution in [-0.4, -0.2) is 29.1 Å². The fourth-order valence-corrected chi connectivity index (χ4v) is 3.31. The highest BCUT2D eigenvalue weighted by atomic mass is 16.5. The van der Waals surface area contributed by atoms with Crippen molar-refractivity contribution in [2.75, 3.05) is 0 Å². The third-order valence-corrected chi connectivity index (χ3v) is 4.26. The van der Waals surface area contributed by atoms with Gasteiger partial charge in [-0.05, 0) is 44.4 Å². The Kier molecular flexibility index (Phi) is 4.75. The summed E-state index contributed by atoms with van der Waals surface area (Å²) in [5, 5.41) is 8.53. The summed E-state index contributed by atoms with van der Waals surface area (Å²) in [6, 6.07) is 0. The first kappa shape index (κ1) is 14.3. The number of carbonyl (C=O) groups is 2. The van der Waals surface area contributed by atoms with Crippen molar-refractivity contribution < 1.29 is 19.4 Å². The lowest BCUT2D eigenvalue weighted by atomic mass is 9.78. The number of allylic oxidation sites excluding steroid dienone is 1. The smallest absolute Gasteiger partial charge is 0.303 e. The van der Waals surface area contributed by atoms with Gasteiger partial charge in [-0.25, -0.2) is 0 Å². The summed E-state index contributed by atoms with van der Waals surface area (Å²) in [7, 11) is 0. The van der Waals surface area contributed by atoms with Gasteiger partial charge in [-0.3, -0.25) is 4.79 Å². The summed E-state index contributed by atoms with van der Waals surface area (Å²) in [5.74, 6) is -0.326. The van der Waals surface area contributed by atoms with E-state index >= 15 is 0 Å². The number of aldehydes is 1. The Hall–Kier alpha value is -1.16. The van der Waals surface area contributed by atoms with Gasteiger partial charge in [0.2, 0.25) is 0 Å². The van der Waals surface area contributed by atoms with Gasteiger partial charge < -0.3 is 14.6 Å². The van der Waals surface area contributed by atoms with Crippen molar-refractivity contribution in [3.63, 3.8) is 0 Å². The van der Waals surface area contributed by atoms with Gasteiger partial charge in [0, 0.05) is 12.8 Å². The molecule has 2 fully saturated rings. The van der Waals surface area contributed by atoms with Crippen LogP contribution in [0.2, 0.25) is 0 Å². The molecule has 2 saturated heterocycles. The van der Waals surface area contributed by atoms with Crippen molar-refractivity contribution in [1.29, 1.82) is 0 Å². The van der Waals surface area contributed by atoms with Crippen LogP contribution < -0.4 is 0 Å². The topological polar surface area (TPSA) is 63.6 Å². The van der Waals surface area contributed by atoms with Crippen LogP contribution in [0.5, 0.6) is 0 Å². The summed E-state index contributed by atoms with van der Waals surface area (Å²) < 4.78 is 6.07. The molecule has 0 saturated carbocycles. The second-order valence-corrected chi connectivity index (χ2v) is 5.71. The number of rotatable bonds is 8. The Balaban J connectivity index is 1.72. The number of fused-ring (bicyclic) bond motifs is 2. The molecule has 4 nitrogen and oxygen atoms in total. The quantitative estimate of drug-likeness (QED) is 0.417. The van der Waals surface area contributed by atoms with Gasteiger partial charge in [0.1, 0.15) is 6.29 Å². The molecule has 2 bridgehead atoms. The maximum atomic E-state index is 10.6. The Morgan fingerprint density at radius 1 is 1.42 bits per heavy atom. The summed E-state index contributed by atoms with van der Waals surface area (Å²) in [4.78, 5) is 21.0. The minimum absolute atomic E-state index is 0.0400. The lowest BCUT2D eigenvalue weighted by molar-refractivity contribution is -0.137. The fourth-order valence-electron chi connectivity index (χ4n) is 3.31. The molecule has 2 rings (SSSR count). The molecule has 1 N–H and O–H groups in total. The number of hydrogen-bond donors (Lipinski definition) is 1. The highest BCUT2D eigenvalue weighted by Gasteiger charge is 2.50. The average molecular weight is 266 g/mol. The molecule has 0 unspecified atom stereocenters. The number of ether oxygens (including phenoxy) is 1. The Bertz CT molecular complexity index is 363. The van der Waals surface area contributed by atoms with Crippen LogP contribution in [0.3, 0.4) is 0 Å². The highest BCUT2D eigenvalue weighted by molar-refractivity contribution is 5.66. The molecule has 2 aliphatic rings. The van der Waals surface area contributed by atoms with Crippen molar-refractivity contribution in [2.24, 2.45) is 5.92 Å².